The number of fused-ring (bicyclic) bond motifs is 3. The smallest absolute Gasteiger partial charge is 1.00 e. The molecule has 0 heterocycles. The molecule has 0 bridgehead atoms. The van der Waals surface area contributed by atoms with Crippen molar-refractivity contribution in [2.45, 2.75) is 48.0 Å². The van der Waals surface area contributed by atoms with Gasteiger partial charge in [-0.05, 0) is 0 Å². The van der Waals surface area contributed by atoms with E-state index in [-0.39, 0.29) is 30.2 Å². The number of allylic oxidation sites excluding steroid dienone is 4. The van der Waals surface area contributed by atoms with E-state index in [2.05, 4.69) is 121 Å². The van der Waals surface area contributed by atoms with E-state index in [1.165, 1.54) is 44.5 Å². The first kappa shape index (κ1) is 31.5. The van der Waals surface area contributed by atoms with Gasteiger partial charge in [-0.15, -0.1) is 0 Å². The third-order valence-electron chi connectivity index (χ3n) is 8.05. The molecule has 3 heteroatoms. The predicted octanol–water partition coefficient (Wildman–Crippen LogP) is 2.85. The van der Waals surface area contributed by atoms with Crippen LogP contribution < -0.4 is 28.1 Å². The number of hydrogen-bond acceptors (Lipinski definition) is 0. The van der Waals surface area contributed by atoms with Gasteiger partial charge in [0.15, 0.2) is 0 Å². The third kappa shape index (κ3) is 6.02. The summed E-state index contributed by atoms with van der Waals surface area (Å²) in [5.74, 6) is 0.475. The third-order valence-corrected chi connectivity index (χ3v) is 15.9. The summed E-state index contributed by atoms with van der Waals surface area (Å²) in [6.45, 7) is 22.2. The average molecular weight is 633 g/mol. The maximum absolute atomic E-state index is 4.19. The summed E-state index contributed by atoms with van der Waals surface area (Å²) < 4.78 is 4.91. The minimum absolute atomic E-state index is 0. The van der Waals surface area contributed by atoms with Crippen LogP contribution in [0, 0.1) is 18.3 Å². The first-order valence-electron chi connectivity index (χ1n) is 13.4. The molecule has 0 aromatic heterocycles. The predicted molar refractivity (Wildman–Crippen MR) is 160 cm³/mol. The molecule has 2 aliphatic rings. The topological polar surface area (TPSA) is 0 Å². The van der Waals surface area contributed by atoms with Crippen LogP contribution in [0.5, 0.6) is 0 Å². The van der Waals surface area contributed by atoms with Crippen molar-refractivity contribution in [3.63, 3.8) is 0 Å². The van der Waals surface area contributed by atoms with Crippen LogP contribution in [0.25, 0.3) is 23.3 Å². The van der Waals surface area contributed by atoms with E-state index in [1.807, 2.05) is 12.2 Å². The Kier molecular flexibility index (Phi) is 9.86. The molecule has 0 aliphatic heterocycles. The second-order valence-corrected chi connectivity index (χ2v) is 18.2. The molecule has 0 saturated heterocycles. The minimum atomic E-state index is -2.53. The maximum atomic E-state index is 4.19. The van der Waals surface area contributed by atoms with Crippen molar-refractivity contribution in [3.05, 3.63) is 122 Å². The van der Waals surface area contributed by atoms with Crippen molar-refractivity contribution in [3.8, 4) is 11.1 Å². The van der Waals surface area contributed by atoms with Gasteiger partial charge >= 0.3 is 232 Å². The second-order valence-electron chi connectivity index (χ2n) is 11.7. The van der Waals surface area contributed by atoms with Crippen LogP contribution in [0.3, 0.4) is 0 Å². The summed E-state index contributed by atoms with van der Waals surface area (Å²) in [6, 6.07) is 20.9. The molecule has 0 nitrogen and oxygen atoms in total. The van der Waals surface area contributed by atoms with Gasteiger partial charge in [0.25, 0.3) is 0 Å². The largest absolute Gasteiger partial charge is 1.00 e. The fourth-order valence-electron chi connectivity index (χ4n) is 5.78. The molecule has 2 aliphatic carbocycles. The van der Waals surface area contributed by atoms with Crippen molar-refractivity contribution in [2.75, 3.05) is 0 Å². The molecule has 0 saturated carbocycles. The zero-order valence-electron chi connectivity index (χ0n) is 24.0. The molecule has 0 fully saturated rings. The Bertz CT molecular complexity index is 1530. The van der Waals surface area contributed by atoms with Crippen molar-refractivity contribution in [1.29, 1.82) is 0 Å². The number of benzene rings is 3. The molecule has 39 heavy (non-hydrogen) atoms. The van der Waals surface area contributed by atoms with Gasteiger partial charge in [0.2, 0.25) is 0 Å². The monoisotopic (exact) mass is 630 g/mol. The molecule has 5 rings (SSSR count). The van der Waals surface area contributed by atoms with Crippen LogP contribution in [-0.4, -0.2) is 3.21 Å². The Morgan fingerprint density at radius 1 is 0.897 bits per heavy atom. The Morgan fingerprint density at radius 3 is 2.13 bits per heavy atom. The molecular formula is C36H38Cl2Zr. The number of aryl methyl sites for hydroxylation is 1. The van der Waals surface area contributed by atoms with Gasteiger partial charge in [0.05, 0.1) is 0 Å². The first-order valence-corrected chi connectivity index (χ1v) is 17.1. The summed E-state index contributed by atoms with van der Waals surface area (Å²) in [5.41, 5.74) is 12.5. The summed E-state index contributed by atoms with van der Waals surface area (Å²) >= 11 is -2.53. The summed E-state index contributed by atoms with van der Waals surface area (Å²) in [7, 11) is 0. The molecule has 0 N–H and O–H groups in total. The Balaban J connectivity index is 0.00000210. The quantitative estimate of drug-likeness (QED) is 0.318. The van der Waals surface area contributed by atoms with E-state index in [1.54, 1.807) is 15.3 Å². The van der Waals surface area contributed by atoms with Crippen molar-refractivity contribution < 1.29 is 46.1 Å². The van der Waals surface area contributed by atoms with Crippen molar-refractivity contribution in [1.82, 2.24) is 0 Å². The van der Waals surface area contributed by atoms with Crippen molar-refractivity contribution in [2.24, 2.45) is 11.3 Å². The van der Waals surface area contributed by atoms with E-state index in [9.17, 15) is 0 Å². The van der Waals surface area contributed by atoms with E-state index in [0.29, 0.717) is 5.92 Å². The normalized spacial score (nSPS) is 15.6. The van der Waals surface area contributed by atoms with Crippen LogP contribution in [0.1, 0.15) is 68.0 Å². The Hall–Kier alpha value is -2.05. The fraction of sp³-hybridized carbons (Fsp3) is 0.250. The number of halogens is 2. The Labute approximate surface area is 255 Å². The van der Waals surface area contributed by atoms with Crippen LogP contribution in [0.15, 0.2) is 88.8 Å². The average Bonchev–Trinajstić information content (AvgIpc) is 3.44. The van der Waals surface area contributed by atoms with Gasteiger partial charge in [0.1, 0.15) is 0 Å². The zero-order valence-corrected chi connectivity index (χ0v) is 27.9. The van der Waals surface area contributed by atoms with Crippen LogP contribution in [-0.2, 0) is 27.7 Å². The molecule has 3 aromatic carbocycles. The van der Waals surface area contributed by atoms with Gasteiger partial charge in [-0.25, -0.2) is 0 Å². The van der Waals surface area contributed by atoms with Gasteiger partial charge in [-0.1, -0.05) is 0 Å². The summed E-state index contributed by atoms with van der Waals surface area (Å²) in [5, 5.41) is 0. The zero-order chi connectivity index (χ0) is 26.5. The van der Waals surface area contributed by atoms with Crippen LogP contribution in [0.2, 0.25) is 0 Å². The minimum Gasteiger partial charge on any atom is -1.00 e. The molecule has 1 unspecified atom stereocenters. The van der Waals surface area contributed by atoms with E-state index in [0.717, 1.165) is 6.42 Å². The second kappa shape index (κ2) is 12.2. The summed E-state index contributed by atoms with van der Waals surface area (Å²) in [6.07, 6.45) is 10.1. The standard InChI is InChI=1S/C17H13.C10H15.C9H10.2ClH.Zr/c1-3-12-5-7-14-11-15-8-6-13(4-2)10-17(15)16(14)9-12;1-8-5-6-9(7-8)10(2,3)4;1-3-9-6-4-8(2)5-7-9;;;/h3-7,9-10H,1-2,11H2;6-8H,1-4H3;4-7H,1-2H3;2*1H;/q;;;;;+2/p-2. The molecule has 3 aromatic rings. The van der Waals surface area contributed by atoms with Gasteiger partial charge in [-0.2, -0.15) is 0 Å². The summed E-state index contributed by atoms with van der Waals surface area (Å²) in [4.78, 5) is 0. The number of hydrogen-bond donors (Lipinski definition) is 0. The Morgan fingerprint density at radius 2 is 1.54 bits per heavy atom. The van der Waals surface area contributed by atoms with Crippen LogP contribution >= 0.6 is 0 Å². The molecule has 1 atom stereocenters. The van der Waals surface area contributed by atoms with Gasteiger partial charge in [0, 0.05) is 0 Å². The molecule has 200 valence electrons. The fourth-order valence-corrected chi connectivity index (χ4v) is 13.8. The molecule has 0 spiro atoms. The van der Waals surface area contributed by atoms with E-state index >= 15 is 0 Å². The van der Waals surface area contributed by atoms with E-state index in [4.69, 9.17) is 0 Å². The van der Waals surface area contributed by atoms with Crippen molar-refractivity contribution >= 4 is 18.6 Å². The molecular weight excluding hydrogens is 595 g/mol. The molecule has 0 radical (unpaired) electrons. The van der Waals surface area contributed by atoms with E-state index < -0.39 is 21.3 Å². The maximum Gasteiger partial charge on any atom is -1.00 e. The van der Waals surface area contributed by atoms with Gasteiger partial charge < -0.3 is 24.8 Å². The van der Waals surface area contributed by atoms with Gasteiger partial charge in [-0.3, -0.25) is 0 Å². The number of rotatable bonds is 5. The van der Waals surface area contributed by atoms with Crippen LogP contribution in [0.4, 0.5) is 0 Å². The SMILES string of the molecule is C=Cc1ccc2c(c1)-c1cc(C=C)c[c](/[Zr+2]([C]3=CC(C(C)(C)C)=CC3C)=[C](/C)c3ccc(C)cc3)c1C2.[Cl-].[Cl-]. The molecule has 0 amide bonds. The first-order chi connectivity index (χ1) is 17.6.